The Bertz CT molecular complexity index is 992. The Labute approximate surface area is 207 Å². The number of hydrogen-bond donors (Lipinski definition) is 0. The lowest BCUT2D eigenvalue weighted by molar-refractivity contribution is -0.149. The van der Waals surface area contributed by atoms with Crippen LogP contribution in [0.3, 0.4) is 0 Å². The van der Waals surface area contributed by atoms with Crippen LogP contribution in [0, 0.1) is 19.8 Å². The number of esters is 1. The molecule has 1 saturated heterocycles. The number of benzene rings is 1. The zero-order valence-corrected chi connectivity index (χ0v) is 21.8. The maximum atomic E-state index is 13.0. The molecule has 1 aromatic carbocycles. The van der Waals surface area contributed by atoms with Gasteiger partial charge in [-0.05, 0) is 65.2 Å². The van der Waals surface area contributed by atoms with E-state index < -0.39 is 0 Å². The van der Waals surface area contributed by atoms with Crippen molar-refractivity contribution in [3.05, 3.63) is 46.6 Å². The van der Waals surface area contributed by atoms with Gasteiger partial charge in [0.15, 0.2) is 5.16 Å². The number of carbonyl (C=O) groups is 2. The van der Waals surface area contributed by atoms with E-state index >= 15 is 0 Å². The highest BCUT2D eigenvalue weighted by Crippen LogP contribution is 2.26. The van der Waals surface area contributed by atoms with Crippen LogP contribution < -0.4 is 4.90 Å². The van der Waals surface area contributed by atoms with E-state index in [1.807, 2.05) is 31.2 Å². The lowest BCUT2D eigenvalue weighted by Crippen LogP contribution is -2.42. The maximum Gasteiger partial charge on any atom is 0.310 e. The maximum absolute atomic E-state index is 13.0. The van der Waals surface area contributed by atoms with Gasteiger partial charge in [-0.2, -0.15) is 0 Å². The molecule has 7 nitrogen and oxygen atoms in total. The van der Waals surface area contributed by atoms with Crippen LogP contribution in [-0.4, -0.2) is 59.5 Å². The normalized spacial score (nSPS) is 15.8. The number of amides is 1. The highest BCUT2D eigenvalue weighted by Gasteiger charge is 2.29. The van der Waals surface area contributed by atoms with E-state index in [-0.39, 0.29) is 17.8 Å². The molecular weight excluding hydrogens is 448 g/mol. The largest absolute Gasteiger partial charge is 0.466 e. The highest BCUT2D eigenvalue weighted by molar-refractivity contribution is 7.98. The lowest BCUT2D eigenvalue weighted by atomic mass is 9.97. The number of anilines is 1. The SMILES string of the molecule is CCOC(=O)C1CCCN(C(=O)c2ccc(CSc3nc(C)c(C)c(N(CC)CC)n3)cc2)C1. The van der Waals surface area contributed by atoms with Gasteiger partial charge >= 0.3 is 5.97 Å². The fraction of sp³-hybridized carbons (Fsp3) is 0.538. The van der Waals surface area contributed by atoms with Gasteiger partial charge in [-0.1, -0.05) is 23.9 Å². The fourth-order valence-corrected chi connectivity index (χ4v) is 5.01. The first kappa shape index (κ1) is 26.0. The second-order valence-corrected chi connectivity index (χ2v) is 9.48. The van der Waals surface area contributed by atoms with Crippen LogP contribution in [0.1, 0.15) is 60.8 Å². The molecule has 0 spiro atoms. The van der Waals surface area contributed by atoms with Gasteiger partial charge in [0.05, 0.1) is 12.5 Å². The van der Waals surface area contributed by atoms with Crippen molar-refractivity contribution in [2.45, 2.75) is 58.4 Å². The average molecular weight is 485 g/mol. The van der Waals surface area contributed by atoms with Gasteiger partial charge in [-0.15, -0.1) is 0 Å². The summed E-state index contributed by atoms with van der Waals surface area (Å²) in [4.78, 5) is 38.6. The summed E-state index contributed by atoms with van der Waals surface area (Å²) in [5.74, 6) is 1.26. The fourth-order valence-electron chi connectivity index (χ4n) is 4.17. The van der Waals surface area contributed by atoms with E-state index in [2.05, 4.69) is 30.7 Å². The van der Waals surface area contributed by atoms with Crippen molar-refractivity contribution in [2.24, 2.45) is 5.92 Å². The molecule has 0 N–H and O–H groups in total. The summed E-state index contributed by atoms with van der Waals surface area (Å²) < 4.78 is 5.15. The van der Waals surface area contributed by atoms with Crippen molar-refractivity contribution in [1.29, 1.82) is 0 Å². The Hall–Kier alpha value is -2.61. The summed E-state index contributed by atoms with van der Waals surface area (Å²) >= 11 is 1.60. The smallest absolute Gasteiger partial charge is 0.310 e. The van der Waals surface area contributed by atoms with Crippen LogP contribution in [0.25, 0.3) is 0 Å². The molecule has 1 aromatic heterocycles. The minimum Gasteiger partial charge on any atom is -0.466 e. The summed E-state index contributed by atoms with van der Waals surface area (Å²) in [6.45, 7) is 13.5. The van der Waals surface area contributed by atoms with Gasteiger partial charge in [0.1, 0.15) is 5.82 Å². The van der Waals surface area contributed by atoms with Crippen molar-refractivity contribution in [3.8, 4) is 0 Å². The molecule has 2 heterocycles. The molecule has 0 bridgehead atoms. The Morgan fingerprint density at radius 3 is 2.47 bits per heavy atom. The molecule has 0 aliphatic carbocycles. The standard InChI is InChI=1S/C26H36N4O3S/c1-6-29(7-2)23-18(4)19(5)27-26(28-23)34-17-20-11-13-21(14-12-20)24(31)30-15-9-10-22(16-30)25(32)33-8-3/h11-14,22H,6-10,15-17H2,1-5H3. The number of ether oxygens (including phenoxy) is 1. The molecule has 1 amide bonds. The van der Waals surface area contributed by atoms with E-state index in [1.54, 1.807) is 23.6 Å². The highest BCUT2D eigenvalue weighted by atomic mass is 32.2. The van der Waals surface area contributed by atoms with Crippen LogP contribution in [0.4, 0.5) is 5.82 Å². The molecule has 1 aliphatic heterocycles. The van der Waals surface area contributed by atoms with Crippen LogP contribution in [0.5, 0.6) is 0 Å². The van der Waals surface area contributed by atoms with Crippen molar-refractivity contribution >= 4 is 29.5 Å². The number of piperidine rings is 1. The number of aryl methyl sites for hydroxylation is 1. The molecular formula is C26H36N4O3S. The molecule has 3 rings (SSSR count). The zero-order chi connectivity index (χ0) is 24.7. The number of rotatable bonds is 9. The first-order valence-electron chi connectivity index (χ1n) is 12.2. The number of likely N-dealkylation sites (tertiary alicyclic amines) is 1. The molecule has 1 atom stereocenters. The first-order valence-corrected chi connectivity index (χ1v) is 13.1. The minimum absolute atomic E-state index is 0.0328. The van der Waals surface area contributed by atoms with Gasteiger partial charge in [0.2, 0.25) is 0 Å². The van der Waals surface area contributed by atoms with Crippen molar-refractivity contribution in [2.75, 3.05) is 37.7 Å². The second kappa shape index (κ2) is 12.2. The van der Waals surface area contributed by atoms with Crippen LogP contribution in [-0.2, 0) is 15.3 Å². The summed E-state index contributed by atoms with van der Waals surface area (Å²) in [6, 6.07) is 7.71. The predicted molar refractivity (Wildman–Crippen MR) is 136 cm³/mol. The topological polar surface area (TPSA) is 75.6 Å². The summed E-state index contributed by atoms with van der Waals surface area (Å²) in [7, 11) is 0. The number of nitrogens with zero attached hydrogens (tertiary/aromatic N) is 4. The van der Waals surface area contributed by atoms with Crippen LogP contribution >= 0.6 is 11.8 Å². The molecule has 0 radical (unpaired) electrons. The molecule has 2 aromatic rings. The number of carbonyl (C=O) groups excluding carboxylic acids is 2. The molecule has 1 aliphatic rings. The van der Waals surface area contributed by atoms with E-state index in [1.165, 1.54) is 0 Å². The Morgan fingerprint density at radius 2 is 1.82 bits per heavy atom. The van der Waals surface area contributed by atoms with Gasteiger partial charge in [-0.25, -0.2) is 9.97 Å². The van der Waals surface area contributed by atoms with Gasteiger partial charge < -0.3 is 14.5 Å². The Balaban J connectivity index is 1.63. The molecule has 1 unspecified atom stereocenters. The lowest BCUT2D eigenvalue weighted by Gasteiger charge is -2.31. The minimum atomic E-state index is -0.229. The molecule has 0 saturated carbocycles. The van der Waals surface area contributed by atoms with E-state index in [0.29, 0.717) is 25.3 Å². The summed E-state index contributed by atoms with van der Waals surface area (Å²) in [5.41, 5.74) is 3.88. The third kappa shape index (κ3) is 6.29. The molecule has 1 fully saturated rings. The van der Waals surface area contributed by atoms with E-state index in [0.717, 1.165) is 59.5 Å². The molecule has 34 heavy (non-hydrogen) atoms. The second-order valence-electron chi connectivity index (χ2n) is 8.54. The van der Waals surface area contributed by atoms with E-state index in [4.69, 9.17) is 9.72 Å². The van der Waals surface area contributed by atoms with Crippen LogP contribution in [0.15, 0.2) is 29.4 Å². The van der Waals surface area contributed by atoms with Gasteiger partial charge in [-0.3, -0.25) is 9.59 Å². The quantitative estimate of drug-likeness (QED) is 0.291. The first-order chi connectivity index (χ1) is 16.4. The Kier molecular flexibility index (Phi) is 9.33. The van der Waals surface area contributed by atoms with Crippen molar-refractivity contribution in [1.82, 2.24) is 14.9 Å². The Morgan fingerprint density at radius 1 is 1.12 bits per heavy atom. The van der Waals surface area contributed by atoms with Crippen molar-refractivity contribution in [3.63, 3.8) is 0 Å². The van der Waals surface area contributed by atoms with Crippen molar-refractivity contribution < 1.29 is 14.3 Å². The van der Waals surface area contributed by atoms with Crippen LogP contribution in [0.2, 0.25) is 0 Å². The monoisotopic (exact) mass is 484 g/mol. The van der Waals surface area contributed by atoms with Gasteiger partial charge in [0, 0.05) is 48.8 Å². The predicted octanol–water partition coefficient (Wildman–Crippen LogP) is 4.65. The summed E-state index contributed by atoms with van der Waals surface area (Å²) in [6.07, 6.45) is 1.59. The summed E-state index contributed by atoms with van der Waals surface area (Å²) in [5, 5.41) is 0.767. The number of aromatic nitrogens is 2. The van der Waals surface area contributed by atoms with Gasteiger partial charge in [0.25, 0.3) is 5.91 Å². The zero-order valence-electron chi connectivity index (χ0n) is 21.0. The third-order valence-electron chi connectivity index (χ3n) is 6.30. The number of hydrogen-bond acceptors (Lipinski definition) is 7. The molecule has 8 heteroatoms. The average Bonchev–Trinajstić information content (AvgIpc) is 2.86. The van der Waals surface area contributed by atoms with E-state index in [9.17, 15) is 9.59 Å². The number of thioether (sulfide) groups is 1. The third-order valence-corrected chi connectivity index (χ3v) is 7.22. The molecule has 184 valence electrons.